The predicted octanol–water partition coefficient (Wildman–Crippen LogP) is 8.51. The Morgan fingerprint density at radius 2 is 1.46 bits per heavy atom. The van der Waals surface area contributed by atoms with Gasteiger partial charge in [0.2, 0.25) is 0 Å². The Hall–Kier alpha value is -4.04. The van der Waals surface area contributed by atoms with Gasteiger partial charge in [0.1, 0.15) is 5.75 Å². The van der Waals surface area contributed by atoms with E-state index in [0.717, 1.165) is 23.2 Å². The summed E-state index contributed by atoms with van der Waals surface area (Å²) < 4.78 is 2.35. The third kappa shape index (κ3) is 2.54. The first-order valence-corrected chi connectivity index (χ1v) is 12.4. The smallest absolute Gasteiger partial charge is 0.120 e. The molecule has 0 fully saturated rings. The Kier molecular flexibility index (Phi) is 4.06. The number of hydrogen-bond donors (Lipinski definition) is 1. The van der Waals surface area contributed by atoms with Crippen LogP contribution in [0.3, 0.4) is 0 Å². The summed E-state index contributed by atoms with van der Waals surface area (Å²) in [4.78, 5) is 0. The number of para-hydroxylation sites is 1. The zero-order valence-corrected chi connectivity index (χ0v) is 20.3. The molecule has 0 spiro atoms. The van der Waals surface area contributed by atoms with Crippen molar-refractivity contribution in [1.29, 1.82) is 0 Å². The van der Waals surface area contributed by atoms with Crippen LogP contribution in [0.25, 0.3) is 49.4 Å². The first-order valence-electron chi connectivity index (χ1n) is 12.4. The van der Waals surface area contributed by atoms with Gasteiger partial charge in [-0.25, -0.2) is 0 Å². The van der Waals surface area contributed by atoms with Crippen LogP contribution in [0.5, 0.6) is 5.75 Å². The normalized spacial score (nSPS) is 14.0. The number of hydrogen-bond acceptors (Lipinski definition) is 1. The number of phenolic OH excluding ortho intramolecular Hbond substituents is 1. The number of aryl methyl sites for hydroxylation is 1. The Bertz CT molecular complexity index is 1820. The Morgan fingerprint density at radius 3 is 2.23 bits per heavy atom. The van der Waals surface area contributed by atoms with E-state index in [9.17, 15) is 5.11 Å². The molecule has 0 aliphatic heterocycles. The van der Waals surface area contributed by atoms with Crippen LogP contribution in [0.4, 0.5) is 0 Å². The first-order chi connectivity index (χ1) is 17.0. The highest BCUT2D eigenvalue weighted by atomic mass is 16.3. The second kappa shape index (κ2) is 6.99. The van der Waals surface area contributed by atoms with E-state index >= 15 is 0 Å². The van der Waals surface area contributed by atoms with Gasteiger partial charge in [0.05, 0.1) is 11.0 Å². The Labute approximate surface area is 205 Å². The molecule has 0 bridgehead atoms. The van der Waals surface area contributed by atoms with E-state index in [1.165, 1.54) is 49.3 Å². The number of aromatic hydroxyl groups is 1. The summed E-state index contributed by atoms with van der Waals surface area (Å²) in [6.07, 6.45) is 0.808. The Balaban J connectivity index is 1.76. The van der Waals surface area contributed by atoms with E-state index in [2.05, 4.69) is 110 Å². The molecular weight excluding hydrogens is 426 g/mol. The molecule has 0 atom stereocenters. The van der Waals surface area contributed by atoms with E-state index in [0.29, 0.717) is 5.75 Å². The van der Waals surface area contributed by atoms with Gasteiger partial charge in [-0.1, -0.05) is 93.6 Å². The van der Waals surface area contributed by atoms with E-state index in [4.69, 9.17) is 0 Å². The Morgan fingerprint density at radius 1 is 0.771 bits per heavy atom. The SMILES string of the molecule is CCc1ccc(-n2c3ccccc3c3c4c(c5ccccc5c32)-c2ccccc2C4(C)C)cc1O. The lowest BCUT2D eigenvalue weighted by molar-refractivity contribution is 0.468. The molecule has 0 saturated heterocycles. The molecule has 1 heterocycles. The van der Waals surface area contributed by atoms with E-state index in [1.54, 1.807) is 0 Å². The van der Waals surface area contributed by atoms with Crippen molar-refractivity contribution in [3.8, 4) is 22.6 Å². The number of benzene rings is 5. The molecular formula is C33H27NO. The lowest BCUT2D eigenvalue weighted by atomic mass is 9.79. The van der Waals surface area contributed by atoms with Crippen LogP contribution < -0.4 is 0 Å². The summed E-state index contributed by atoms with van der Waals surface area (Å²) in [5.74, 6) is 0.356. The minimum Gasteiger partial charge on any atom is -0.508 e. The standard InChI is InChI=1S/C33H27NO/c1-4-20-17-18-21(19-28(20)35)34-27-16-10-8-14-25(27)30-31-29(22-11-5-6-12-23(22)32(30)34)24-13-7-9-15-26(24)33(31,2)3/h5-19,35H,4H2,1-3H3. The van der Waals surface area contributed by atoms with Crippen molar-refractivity contribution in [2.45, 2.75) is 32.6 Å². The molecule has 0 radical (unpaired) electrons. The topological polar surface area (TPSA) is 25.2 Å². The van der Waals surface area contributed by atoms with Crippen LogP contribution in [-0.4, -0.2) is 9.67 Å². The summed E-state index contributed by atoms with van der Waals surface area (Å²) in [6.45, 7) is 6.80. The number of fused-ring (bicyclic) bond motifs is 10. The predicted molar refractivity (Wildman–Crippen MR) is 147 cm³/mol. The average Bonchev–Trinajstić information content (AvgIpc) is 3.34. The minimum atomic E-state index is -0.128. The minimum absolute atomic E-state index is 0.128. The highest BCUT2D eigenvalue weighted by Gasteiger charge is 2.39. The van der Waals surface area contributed by atoms with Crippen LogP contribution in [-0.2, 0) is 11.8 Å². The molecule has 170 valence electrons. The quantitative estimate of drug-likeness (QED) is 0.279. The zero-order valence-electron chi connectivity index (χ0n) is 20.3. The van der Waals surface area contributed by atoms with Gasteiger partial charge >= 0.3 is 0 Å². The van der Waals surface area contributed by atoms with E-state index in [-0.39, 0.29) is 5.41 Å². The number of aromatic nitrogens is 1. The molecule has 6 aromatic rings. The fraction of sp³-hybridized carbons (Fsp3) is 0.152. The van der Waals surface area contributed by atoms with Crippen molar-refractivity contribution < 1.29 is 5.11 Å². The van der Waals surface area contributed by atoms with Gasteiger partial charge in [-0.2, -0.15) is 0 Å². The molecule has 0 saturated carbocycles. The van der Waals surface area contributed by atoms with E-state index in [1.807, 2.05) is 6.07 Å². The van der Waals surface area contributed by atoms with Gasteiger partial charge in [0, 0.05) is 33.3 Å². The maximum Gasteiger partial charge on any atom is 0.120 e. The lowest BCUT2D eigenvalue weighted by Gasteiger charge is -2.23. The van der Waals surface area contributed by atoms with Crippen LogP contribution in [0.1, 0.15) is 37.5 Å². The summed E-state index contributed by atoms with van der Waals surface area (Å²) in [6, 6.07) is 32.5. The van der Waals surface area contributed by atoms with Crippen molar-refractivity contribution in [3.05, 3.63) is 108 Å². The van der Waals surface area contributed by atoms with Crippen molar-refractivity contribution >= 4 is 32.6 Å². The van der Waals surface area contributed by atoms with Crippen LogP contribution in [0, 0.1) is 0 Å². The third-order valence-corrected chi connectivity index (χ3v) is 8.03. The van der Waals surface area contributed by atoms with Gasteiger partial charge in [0.25, 0.3) is 0 Å². The number of rotatable bonds is 2. The molecule has 35 heavy (non-hydrogen) atoms. The monoisotopic (exact) mass is 453 g/mol. The third-order valence-electron chi connectivity index (χ3n) is 8.03. The summed E-state index contributed by atoms with van der Waals surface area (Å²) in [5.41, 5.74) is 9.69. The molecule has 0 unspecified atom stereocenters. The average molecular weight is 454 g/mol. The van der Waals surface area contributed by atoms with Crippen molar-refractivity contribution in [2.24, 2.45) is 0 Å². The molecule has 1 aromatic heterocycles. The van der Waals surface area contributed by atoms with Gasteiger partial charge in [-0.3, -0.25) is 0 Å². The van der Waals surface area contributed by atoms with Gasteiger partial charge in [-0.15, -0.1) is 0 Å². The van der Waals surface area contributed by atoms with Crippen LogP contribution >= 0.6 is 0 Å². The summed E-state index contributed by atoms with van der Waals surface area (Å²) in [7, 11) is 0. The summed E-state index contributed by atoms with van der Waals surface area (Å²) in [5, 5.41) is 15.9. The van der Waals surface area contributed by atoms with Crippen molar-refractivity contribution in [2.75, 3.05) is 0 Å². The largest absolute Gasteiger partial charge is 0.508 e. The number of nitrogens with zero attached hydrogens (tertiary/aromatic N) is 1. The highest BCUT2D eigenvalue weighted by molar-refractivity contribution is 6.25. The van der Waals surface area contributed by atoms with E-state index < -0.39 is 0 Å². The van der Waals surface area contributed by atoms with Gasteiger partial charge < -0.3 is 9.67 Å². The van der Waals surface area contributed by atoms with Crippen LogP contribution in [0.15, 0.2) is 91.0 Å². The maximum atomic E-state index is 10.8. The van der Waals surface area contributed by atoms with Gasteiger partial charge in [0.15, 0.2) is 0 Å². The second-order valence-corrected chi connectivity index (χ2v) is 10.2. The first kappa shape index (κ1) is 20.3. The van der Waals surface area contributed by atoms with Crippen molar-refractivity contribution in [1.82, 2.24) is 4.57 Å². The molecule has 2 nitrogen and oxygen atoms in total. The molecule has 5 aromatic carbocycles. The summed E-state index contributed by atoms with van der Waals surface area (Å²) >= 11 is 0. The molecule has 1 N–H and O–H groups in total. The number of phenols is 1. The lowest BCUT2D eigenvalue weighted by Crippen LogP contribution is -2.15. The zero-order chi connectivity index (χ0) is 23.9. The highest BCUT2D eigenvalue weighted by Crippen LogP contribution is 2.56. The fourth-order valence-electron chi connectivity index (χ4n) is 6.46. The molecule has 1 aliphatic carbocycles. The van der Waals surface area contributed by atoms with Crippen molar-refractivity contribution in [3.63, 3.8) is 0 Å². The molecule has 0 amide bonds. The molecule has 1 aliphatic rings. The van der Waals surface area contributed by atoms with Crippen LogP contribution in [0.2, 0.25) is 0 Å². The van der Waals surface area contributed by atoms with Gasteiger partial charge in [-0.05, 0) is 51.8 Å². The fourth-order valence-corrected chi connectivity index (χ4v) is 6.46. The maximum absolute atomic E-state index is 10.8. The second-order valence-electron chi connectivity index (χ2n) is 10.2. The molecule has 2 heteroatoms. The molecule has 7 rings (SSSR count).